The van der Waals surface area contributed by atoms with Crippen molar-refractivity contribution in [3.63, 3.8) is 0 Å². The van der Waals surface area contributed by atoms with Crippen molar-refractivity contribution in [2.24, 2.45) is 5.92 Å². The molecule has 0 radical (unpaired) electrons. The van der Waals surface area contributed by atoms with Gasteiger partial charge in [0.05, 0.1) is 23.8 Å². The molecule has 4 heterocycles. The van der Waals surface area contributed by atoms with Crippen LogP contribution in [0.3, 0.4) is 0 Å². The van der Waals surface area contributed by atoms with Gasteiger partial charge in [-0.1, -0.05) is 6.07 Å². The first-order chi connectivity index (χ1) is 19.5. The number of aromatic nitrogens is 5. The molecular formula is C29H31FN8O2. The molecule has 40 heavy (non-hydrogen) atoms. The van der Waals surface area contributed by atoms with E-state index in [0.29, 0.717) is 36.3 Å². The molecule has 0 unspecified atom stereocenters. The van der Waals surface area contributed by atoms with Gasteiger partial charge >= 0.3 is 0 Å². The largest absolute Gasteiger partial charge is 0.379 e. The molecule has 2 saturated carbocycles. The molecule has 10 nitrogen and oxygen atoms in total. The van der Waals surface area contributed by atoms with Gasteiger partial charge in [-0.15, -0.1) is 5.10 Å². The zero-order valence-electron chi connectivity index (χ0n) is 22.0. The second kappa shape index (κ2) is 11.4. The number of fused-ring (bicyclic) bond motifs is 1. The Morgan fingerprint density at radius 1 is 0.925 bits per heavy atom. The van der Waals surface area contributed by atoms with Crippen LogP contribution in [0, 0.1) is 11.7 Å². The van der Waals surface area contributed by atoms with Gasteiger partial charge in [0.1, 0.15) is 11.6 Å². The number of ketones is 1. The Hall–Kier alpha value is -4.41. The number of nitrogens with zero attached hydrogens (tertiary/aromatic N) is 5. The molecule has 0 bridgehead atoms. The molecule has 11 heteroatoms. The molecule has 0 aliphatic heterocycles. The van der Waals surface area contributed by atoms with Gasteiger partial charge in [-0.05, 0) is 62.1 Å². The normalized spacial score (nSPS) is 18.8. The summed E-state index contributed by atoms with van der Waals surface area (Å²) >= 11 is 0. The summed E-state index contributed by atoms with van der Waals surface area (Å²) < 4.78 is 15.6. The molecule has 6 rings (SSSR count). The average Bonchev–Trinajstić information content (AvgIpc) is 3.66. The van der Waals surface area contributed by atoms with Gasteiger partial charge in [-0.25, -0.2) is 13.9 Å². The van der Waals surface area contributed by atoms with Crippen molar-refractivity contribution >= 4 is 34.5 Å². The summed E-state index contributed by atoms with van der Waals surface area (Å²) in [6.45, 7) is 0. The number of nitrogens with one attached hydrogen (secondary N) is 3. The lowest BCUT2D eigenvalue weighted by molar-refractivity contribution is -0.119. The molecule has 3 N–H and O–H groups in total. The number of hydrogen-bond acceptors (Lipinski definition) is 8. The summed E-state index contributed by atoms with van der Waals surface area (Å²) in [5.41, 5.74) is 2.52. The number of rotatable bonds is 10. The Labute approximate surface area is 230 Å². The number of Topliss-reactive ketones (excluding diaryl/α,β-unsaturated/α-hetero) is 1. The topological polar surface area (TPSA) is 126 Å². The van der Waals surface area contributed by atoms with E-state index < -0.39 is 11.7 Å². The highest BCUT2D eigenvalue weighted by molar-refractivity contribution is 6.03. The zero-order chi connectivity index (χ0) is 27.5. The molecule has 0 spiro atoms. The van der Waals surface area contributed by atoms with Crippen molar-refractivity contribution in [1.29, 1.82) is 0 Å². The van der Waals surface area contributed by atoms with Crippen LogP contribution in [-0.4, -0.2) is 48.3 Å². The van der Waals surface area contributed by atoms with Crippen LogP contribution >= 0.6 is 0 Å². The Morgan fingerprint density at radius 2 is 1.70 bits per heavy atom. The number of pyridine rings is 2. The molecule has 206 valence electrons. The minimum Gasteiger partial charge on any atom is -0.379 e. The third-order valence-corrected chi connectivity index (χ3v) is 7.50. The third-order valence-electron chi connectivity index (χ3n) is 7.50. The third kappa shape index (κ3) is 6.08. The van der Waals surface area contributed by atoms with Crippen LogP contribution in [-0.2, 0) is 11.2 Å². The van der Waals surface area contributed by atoms with Crippen molar-refractivity contribution in [3.8, 4) is 0 Å². The van der Waals surface area contributed by atoms with Crippen molar-refractivity contribution in [1.82, 2.24) is 24.6 Å². The van der Waals surface area contributed by atoms with E-state index in [1.165, 1.54) is 23.0 Å². The molecule has 1 amide bonds. The minimum atomic E-state index is -0.620. The van der Waals surface area contributed by atoms with Crippen molar-refractivity contribution in [2.45, 2.75) is 63.5 Å². The van der Waals surface area contributed by atoms with Crippen LogP contribution in [0.15, 0.2) is 55.2 Å². The van der Waals surface area contributed by atoms with E-state index in [1.807, 2.05) is 18.2 Å². The maximum atomic E-state index is 14.1. The molecule has 4 aromatic rings. The fourth-order valence-electron chi connectivity index (χ4n) is 5.26. The molecule has 4 aromatic heterocycles. The van der Waals surface area contributed by atoms with Gasteiger partial charge in [0.2, 0.25) is 0 Å². The molecule has 2 aliphatic carbocycles. The SMILES string of the molecule is O=C(Cc1cccnc1)CC1CCC(Nc2cc(NC3CC3)c3ncc(C(=O)Nc4ccncc4F)n3n2)CC1. The molecule has 0 saturated heterocycles. The van der Waals surface area contributed by atoms with Crippen LogP contribution in [0.25, 0.3) is 5.65 Å². The minimum absolute atomic E-state index is 0.0382. The van der Waals surface area contributed by atoms with Crippen molar-refractivity contribution < 1.29 is 14.0 Å². The monoisotopic (exact) mass is 542 g/mol. The van der Waals surface area contributed by atoms with E-state index in [-0.39, 0.29) is 23.2 Å². The molecular weight excluding hydrogens is 511 g/mol. The fraction of sp³-hybridized carbons (Fsp3) is 0.379. The van der Waals surface area contributed by atoms with Crippen LogP contribution in [0.4, 0.5) is 21.6 Å². The highest BCUT2D eigenvalue weighted by Crippen LogP contribution is 2.32. The second-order valence-corrected chi connectivity index (χ2v) is 10.7. The van der Waals surface area contributed by atoms with Gasteiger partial charge in [-0.3, -0.25) is 19.6 Å². The van der Waals surface area contributed by atoms with Crippen LogP contribution in [0.5, 0.6) is 0 Å². The number of hydrogen-bond donors (Lipinski definition) is 3. The Kier molecular flexibility index (Phi) is 7.35. The number of carbonyl (C=O) groups excluding carboxylic acids is 2. The van der Waals surface area contributed by atoms with Gasteiger partial charge in [0, 0.05) is 49.6 Å². The lowest BCUT2D eigenvalue weighted by Gasteiger charge is -2.29. The van der Waals surface area contributed by atoms with E-state index in [4.69, 9.17) is 5.10 Å². The summed E-state index contributed by atoms with van der Waals surface area (Å²) in [4.78, 5) is 37.9. The van der Waals surface area contributed by atoms with Crippen molar-refractivity contribution in [3.05, 3.63) is 72.3 Å². The molecule has 0 atom stereocenters. The van der Waals surface area contributed by atoms with E-state index >= 15 is 0 Å². The zero-order valence-corrected chi connectivity index (χ0v) is 22.0. The first-order valence-corrected chi connectivity index (χ1v) is 13.7. The van der Waals surface area contributed by atoms with Crippen molar-refractivity contribution in [2.75, 3.05) is 16.0 Å². The quantitative estimate of drug-likeness (QED) is 0.264. The molecule has 0 aromatic carbocycles. The number of carbonyl (C=O) groups is 2. The Balaban J connectivity index is 1.13. The molecule has 2 fully saturated rings. The molecule has 2 aliphatic rings. The summed E-state index contributed by atoms with van der Waals surface area (Å²) in [5.74, 6) is 0.127. The summed E-state index contributed by atoms with van der Waals surface area (Å²) in [5, 5.41) is 14.3. The Bertz CT molecular complexity index is 1510. The highest BCUT2D eigenvalue weighted by atomic mass is 19.1. The highest BCUT2D eigenvalue weighted by Gasteiger charge is 2.26. The van der Waals surface area contributed by atoms with Gasteiger partial charge in [0.25, 0.3) is 5.91 Å². The van der Waals surface area contributed by atoms with Gasteiger partial charge in [0.15, 0.2) is 17.2 Å². The smallest absolute Gasteiger partial charge is 0.276 e. The number of imidazole rings is 1. The fourth-order valence-corrected chi connectivity index (χ4v) is 5.26. The second-order valence-electron chi connectivity index (χ2n) is 10.7. The van der Waals surface area contributed by atoms with Crippen LogP contribution in [0.2, 0.25) is 0 Å². The van der Waals surface area contributed by atoms with Crippen LogP contribution in [0.1, 0.15) is 61.0 Å². The lowest BCUT2D eigenvalue weighted by Crippen LogP contribution is -2.28. The predicted molar refractivity (Wildman–Crippen MR) is 149 cm³/mol. The Morgan fingerprint density at radius 3 is 2.45 bits per heavy atom. The first-order valence-electron chi connectivity index (χ1n) is 13.7. The van der Waals surface area contributed by atoms with Gasteiger partial charge < -0.3 is 16.0 Å². The summed E-state index contributed by atoms with van der Waals surface area (Å²) in [6, 6.07) is 7.72. The first kappa shape index (κ1) is 25.8. The lowest BCUT2D eigenvalue weighted by atomic mass is 9.82. The van der Waals surface area contributed by atoms with E-state index in [0.717, 1.165) is 56.0 Å². The maximum Gasteiger partial charge on any atom is 0.276 e. The number of anilines is 3. The average molecular weight is 543 g/mol. The summed E-state index contributed by atoms with van der Waals surface area (Å²) in [6.07, 6.45) is 14.3. The van der Waals surface area contributed by atoms with E-state index in [9.17, 15) is 14.0 Å². The van der Waals surface area contributed by atoms with E-state index in [2.05, 4.69) is 30.9 Å². The van der Waals surface area contributed by atoms with Gasteiger partial charge in [-0.2, -0.15) is 0 Å². The predicted octanol–water partition coefficient (Wildman–Crippen LogP) is 4.66. The van der Waals surface area contributed by atoms with E-state index in [1.54, 1.807) is 12.4 Å². The summed E-state index contributed by atoms with van der Waals surface area (Å²) in [7, 11) is 0. The van der Waals surface area contributed by atoms with Crippen LogP contribution < -0.4 is 16.0 Å². The maximum absolute atomic E-state index is 14.1. The number of amides is 1. The number of halogens is 1. The standard InChI is InChI=1S/C29H31FN8O2/c30-23-16-32-11-9-24(23)36-29(40)26-17-33-28-25(34-20-7-8-20)14-27(37-38(26)28)35-21-5-3-18(4-6-21)12-22(39)13-19-2-1-10-31-15-19/h1-2,9-11,14-18,20-21,34H,3-8,12-13H2,(H,35,37)(H,32,36,40).